The SMILES string of the molecule is CC#C[Si](C)(C)CC[SiH](C)C. The quantitative estimate of drug-likeness (QED) is 0.467. The normalized spacial score (nSPS) is 11.1. The first-order chi connectivity index (χ1) is 4.98. The predicted octanol–water partition coefficient (Wildman–Crippen LogP) is 2.74. The number of hydrogen-bond acceptors (Lipinski definition) is 0. The largest absolute Gasteiger partial charge is 0.132 e. The van der Waals surface area contributed by atoms with Gasteiger partial charge in [-0.15, -0.1) is 11.5 Å². The Morgan fingerprint density at radius 2 is 1.82 bits per heavy atom. The maximum absolute atomic E-state index is 3.39. The highest BCUT2D eigenvalue weighted by atomic mass is 28.3. The van der Waals surface area contributed by atoms with Crippen LogP contribution in [-0.2, 0) is 0 Å². The minimum Gasteiger partial charge on any atom is -0.132 e. The molecule has 0 radical (unpaired) electrons. The summed E-state index contributed by atoms with van der Waals surface area (Å²) in [5.41, 5.74) is 3.39. The lowest BCUT2D eigenvalue weighted by Gasteiger charge is -2.15. The lowest BCUT2D eigenvalue weighted by Crippen LogP contribution is -2.24. The number of rotatable bonds is 3. The van der Waals surface area contributed by atoms with Crippen molar-refractivity contribution >= 4 is 16.9 Å². The minimum atomic E-state index is -1.09. The van der Waals surface area contributed by atoms with E-state index in [-0.39, 0.29) is 8.80 Å². The van der Waals surface area contributed by atoms with Gasteiger partial charge in [-0.2, -0.15) is 0 Å². The van der Waals surface area contributed by atoms with E-state index in [1.165, 1.54) is 12.1 Å². The van der Waals surface area contributed by atoms with Gasteiger partial charge in [0.1, 0.15) is 8.07 Å². The summed E-state index contributed by atoms with van der Waals surface area (Å²) in [7, 11) is -1.42. The van der Waals surface area contributed by atoms with E-state index >= 15 is 0 Å². The van der Waals surface area contributed by atoms with Gasteiger partial charge in [0.15, 0.2) is 0 Å². The first-order valence-corrected chi connectivity index (χ1v) is 10.7. The highest BCUT2D eigenvalue weighted by molar-refractivity contribution is 6.85. The van der Waals surface area contributed by atoms with Crippen LogP contribution in [0.2, 0.25) is 38.3 Å². The molecule has 0 aliphatic rings. The maximum atomic E-state index is 3.39. The lowest BCUT2D eigenvalue weighted by molar-refractivity contribution is 1.33. The van der Waals surface area contributed by atoms with E-state index in [0.29, 0.717) is 0 Å². The number of hydrogen-bond donors (Lipinski definition) is 0. The molecule has 0 heterocycles. The second kappa shape index (κ2) is 4.79. The zero-order valence-corrected chi connectivity index (χ0v) is 10.6. The van der Waals surface area contributed by atoms with E-state index in [9.17, 15) is 0 Å². The molecule has 0 saturated carbocycles. The first-order valence-electron chi connectivity index (χ1n) is 4.42. The van der Waals surface area contributed by atoms with Crippen LogP contribution in [-0.4, -0.2) is 16.9 Å². The summed E-state index contributed by atoms with van der Waals surface area (Å²) in [5.74, 6) is 3.06. The van der Waals surface area contributed by atoms with E-state index in [1.807, 2.05) is 6.92 Å². The second-order valence-corrected chi connectivity index (χ2v) is 12.1. The van der Waals surface area contributed by atoms with E-state index in [0.717, 1.165) is 0 Å². The van der Waals surface area contributed by atoms with Crippen LogP contribution in [0.5, 0.6) is 0 Å². The zero-order chi connectivity index (χ0) is 8.91. The second-order valence-electron chi connectivity index (χ2n) is 4.19. The third-order valence-electron chi connectivity index (χ3n) is 1.81. The molecular formula is C9H20Si2. The fourth-order valence-electron chi connectivity index (χ4n) is 1.05. The predicted molar refractivity (Wildman–Crippen MR) is 59.4 cm³/mol. The molecule has 0 aromatic rings. The summed E-state index contributed by atoms with van der Waals surface area (Å²) < 4.78 is 0. The van der Waals surface area contributed by atoms with Crippen LogP contribution < -0.4 is 0 Å². The van der Waals surface area contributed by atoms with Crippen LogP contribution >= 0.6 is 0 Å². The molecule has 0 N–H and O–H groups in total. The molecule has 0 amide bonds. The standard InChI is InChI=1S/C9H20Si2/c1-6-8-11(4,5)9-7-10(2)3/h10H,7,9H2,1-5H3. The molecule has 0 aromatic heterocycles. The van der Waals surface area contributed by atoms with Gasteiger partial charge < -0.3 is 0 Å². The van der Waals surface area contributed by atoms with Crippen molar-refractivity contribution < 1.29 is 0 Å². The maximum Gasteiger partial charge on any atom is 0.132 e. The van der Waals surface area contributed by atoms with Crippen molar-refractivity contribution in [1.29, 1.82) is 0 Å². The van der Waals surface area contributed by atoms with Gasteiger partial charge >= 0.3 is 0 Å². The molecule has 0 aromatic carbocycles. The van der Waals surface area contributed by atoms with Gasteiger partial charge in [0, 0.05) is 8.80 Å². The summed E-state index contributed by atoms with van der Waals surface area (Å²) in [5, 5.41) is 0. The molecule has 0 fully saturated rings. The summed E-state index contributed by atoms with van der Waals surface area (Å²) in [6.45, 7) is 11.6. The molecule has 0 unspecified atom stereocenters. The lowest BCUT2D eigenvalue weighted by atomic mass is 10.8. The molecule has 11 heavy (non-hydrogen) atoms. The van der Waals surface area contributed by atoms with Crippen molar-refractivity contribution in [3.05, 3.63) is 0 Å². The van der Waals surface area contributed by atoms with Crippen LogP contribution in [0.4, 0.5) is 0 Å². The van der Waals surface area contributed by atoms with E-state index in [2.05, 4.69) is 37.7 Å². The molecule has 0 bridgehead atoms. The Balaban J connectivity index is 3.79. The molecule has 0 aliphatic carbocycles. The van der Waals surface area contributed by atoms with Gasteiger partial charge in [-0.05, 0) is 13.0 Å². The van der Waals surface area contributed by atoms with Crippen molar-refractivity contribution in [2.75, 3.05) is 0 Å². The highest BCUT2D eigenvalue weighted by Gasteiger charge is 2.17. The van der Waals surface area contributed by atoms with Crippen molar-refractivity contribution in [3.8, 4) is 11.5 Å². The Kier molecular flexibility index (Phi) is 4.79. The average Bonchev–Trinajstić information content (AvgIpc) is 1.84. The van der Waals surface area contributed by atoms with Crippen LogP contribution in [0, 0.1) is 11.5 Å². The van der Waals surface area contributed by atoms with E-state index in [1.54, 1.807) is 0 Å². The molecule has 0 rings (SSSR count). The fraction of sp³-hybridized carbons (Fsp3) is 0.778. The Morgan fingerprint density at radius 3 is 2.18 bits per heavy atom. The topological polar surface area (TPSA) is 0 Å². The van der Waals surface area contributed by atoms with Gasteiger partial charge in [-0.3, -0.25) is 0 Å². The van der Waals surface area contributed by atoms with E-state index < -0.39 is 8.07 Å². The van der Waals surface area contributed by atoms with Crippen LogP contribution in [0.25, 0.3) is 0 Å². The van der Waals surface area contributed by atoms with E-state index in [4.69, 9.17) is 0 Å². The average molecular weight is 184 g/mol. The Morgan fingerprint density at radius 1 is 1.27 bits per heavy atom. The monoisotopic (exact) mass is 184 g/mol. The Labute approximate surface area is 74.0 Å². The molecule has 0 nitrogen and oxygen atoms in total. The van der Waals surface area contributed by atoms with Gasteiger partial charge in [-0.25, -0.2) is 0 Å². The van der Waals surface area contributed by atoms with Crippen molar-refractivity contribution in [1.82, 2.24) is 0 Å². The summed E-state index contributed by atoms with van der Waals surface area (Å²) in [6.07, 6.45) is 0. The smallest absolute Gasteiger partial charge is 0.132 e. The van der Waals surface area contributed by atoms with Gasteiger partial charge in [0.25, 0.3) is 0 Å². The van der Waals surface area contributed by atoms with Crippen molar-refractivity contribution in [3.63, 3.8) is 0 Å². The van der Waals surface area contributed by atoms with Crippen molar-refractivity contribution in [2.24, 2.45) is 0 Å². The van der Waals surface area contributed by atoms with Crippen LogP contribution in [0.15, 0.2) is 0 Å². The van der Waals surface area contributed by atoms with Crippen LogP contribution in [0.3, 0.4) is 0 Å². The third-order valence-corrected chi connectivity index (χ3v) is 6.30. The Bertz CT molecular complexity index is 160. The summed E-state index contributed by atoms with van der Waals surface area (Å²) in [6, 6.07) is 2.89. The third kappa shape index (κ3) is 6.39. The molecule has 0 atom stereocenters. The molecule has 0 aliphatic heterocycles. The zero-order valence-electron chi connectivity index (χ0n) is 8.49. The summed E-state index contributed by atoms with van der Waals surface area (Å²) in [4.78, 5) is 0. The first kappa shape index (κ1) is 11.0. The molecule has 0 saturated heterocycles. The van der Waals surface area contributed by atoms with Crippen molar-refractivity contribution in [2.45, 2.75) is 45.2 Å². The molecule has 0 spiro atoms. The molecule has 64 valence electrons. The Hall–Kier alpha value is -0.00623. The molecule has 2 heteroatoms. The fourth-order valence-corrected chi connectivity index (χ4v) is 7.05. The van der Waals surface area contributed by atoms with Gasteiger partial charge in [0.05, 0.1) is 0 Å². The minimum absolute atomic E-state index is 0.328. The van der Waals surface area contributed by atoms with Gasteiger partial charge in [-0.1, -0.05) is 32.2 Å². The van der Waals surface area contributed by atoms with Crippen LogP contribution in [0.1, 0.15) is 6.92 Å². The summed E-state index contributed by atoms with van der Waals surface area (Å²) >= 11 is 0. The van der Waals surface area contributed by atoms with Gasteiger partial charge in [0.2, 0.25) is 0 Å². The highest BCUT2D eigenvalue weighted by Crippen LogP contribution is 2.12. The molecular weight excluding hydrogens is 164 g/mol.